The summed E-state index contributed by atoms with van der Waals surface area (Å²) in [5.41, 5.74) is 19.4. The van der Waals surface area contributed by atoms with Gasteiger partial charge in [-0.05, 0) is 97.4 Å². The van der Waals surface area contributed by atoms with Gasteiger partial charge in [-0.2, -0.15) is 0 Å². The Labute approximate surface area is 443 Å². The fourth-order valence-electron chi connectivity index (χ4n) is 12.6. The Morgan fingerprint density at radius 2 is 0.766 bits per heavy atom. The number of rotatable bonds is 7. The summed E-state index contributed by atoms with van der Waals surface area (Å²) in [6, 6.07) is 94.2. The normalized spacial score (nSPS) is 12.0. The van der Waals surface area contributed by atoms with E-state index in [0.29, 0.717) is 5.82 Å². The van der Waals surface area contributed by atoms with Crippen LogP contribution in [0.5, 0.6) is 0 Å². The number of para-hydroxylation sites is 6. The number of fused-ring (bicyclic) bond motifs is 14. The summed E-state index contributed by atoms with van der Waals surface area (Å²) in [7, 11) is 0. The van der Waals surface area contributed by atoms with Gasteiger partial charge in [0.25, 0.3) is 0 Å². The molecule has 0 radical (unpaired) electrons. The average Bonchev–Trinajstić information content (AvgIpc) is 4.42. The van der Waals surface area contributed by atoms with Gasteiger partial charge in [0.05, 0.1) is 61.2 Å². The van der Waals surface area contributed by atoms with Crippen molar-refractivity contribution in [2.75, 3.05) is 0 Å². The molecule has 6 heteroatoms. The summed E-state index contributed by atoms with van der Waals surface area (Å²) in [4.78, 5) is 11.0. The van der Waals surface area contributed by atoms with E-state index in [2.05, 4.69) is 280 Å². The second kappa shape index (κ2) is 16.9. The zero-order valence-electron chi connectivity index (χ0n) is 42.0. The highest BCUT2D eigenvalue weighted by molar-refractivity contribution is 6.29. The third kappa shape index (κ3) is 6.42. The topological polar surface area (TPSA) is 45.5 Å². The lowest BCUT2D eigenvalue weighted by molar-refractivity contribution is 1.15. The van der Waals surface area contributed by atoms with Gasteiger partial charge in [-0.3, -0.25) is 0 Å². The standard InChI is InChI=1S/C71H46N6/c1-45-41-65-68(53-34-18-21-37-60(53)74(65)48-27-11-4-12-28-48)70-66(45)56-43-63(77-61-38-22-19-35-54(61)67-62(77)40-39-52-51-33-17-20-36-59(51)75(69(52)67)49-29-13-5-14-30-49)55(42-64(56)76(70)50-31-15-6-16-32-50)58-44-57(46-23-7-2-8-24-46)72-71(73-58)47-25-9-3-10-26-47/h2-44H,1H3. The van der Waals surface area contributed by atoms with Crippen LogP contribution in [-0.4, -0.2) is 28.2 Å². The summed E-state index contributed by atoms with van der Waals surface area (Å²) in [5, 5.41) is 9.59. The minimum atomic E-state index is 0.666. The maximum Gasteiger partial charge on any atom is 0.160 e. The monoisotopic (exact) mass is 982 g/mol. The Balaban J connectivity index is 1.11. The predicted octanol–water partition coefficient (Wildman–Crippen LogP) is 18.2. The highest BCUT2D eigenvalue weighted by Crippen LogP contribution is 2.48. The molecule has 0 fully saturated rings. The molecule has 5 aromatic heterocycles. The Morgan fingerprint density at radius 3 is 1.39 bits per heavy atom. The van der Waals surface area contributed by atoms with Crippen molar-refractivity contribution < 1.29 is 0 Å². The van der Waals surface area contributed by atoms with Crippen LogP contribution in [0.25, 0.3) is 144 Å². The molecule has 0 aliphatic rings. The second-order valence-electron chi connectivity index (χ2n) is 20.1. The number of benzene rings is 11. The van der Waals surface area contributed by atoms with Crippen LogP contribution in [0.15, 0.2) is 261 Å². The third-order valence-corrected chi connectivity index (χ3v) is 15.8. The van der Waals surface area contributed by atoms with Crippen LogP contribution in [0.3, 0.4) is 0 Å². The fraction of sp³-hybridized carbons (Fsp3) is 0.0141. The van der Waals surface area contributed by atoms with Gasteiger partial charge in [-0.1, -0.05) is 176 Å². The maximum absolute atomic E-state index is 5.63. The molecule has 0 saturated carbocycles. The largest absolute Gasteiger partial charge is 0.309 e. The summed E-state index contributed by atoms with van der Waals surface area (Å²) in [6.07, 6.45) is 0. The van der Waals surface area contributed by atoms with E-state index in [0.717, 1.165) is 72.8 Å². The van der Waals surface area contributed by atoms with Crippen molar-refractivity contribution in [2.45, 2.75) is 6.92 Å². The molecule has 0 aliphatic heterocycles. The van der Waals surface area contributed by atoms with E-state index in [-0.39, 0.29) is 0 Å². The Hall–Kier alpha value is -10.3. The summed E-state index contributed by atoms with van der Waals surface area (Å²) in [5.74, 6) is 0.666. The molecule has 6 nitrogen and oxygen atoms in total. The fourth-order valence-corrected chi connectivity index (χ4v) is 12.6. The smallest absolute Gasteiger partial charge is 0.160 e. The van der Waals surface area contributed by atoms with E-state index < -0.39 is 0 Å². The number of nitrogens with zero attached hydrogens (tertiary/aromatic N) is 6. The Bertz CT molecular complexity index is 4950. The average molecular weight is 983 g/mol. The van der Waals surface area contributed by atoms with Crippen molar-refractivity contribution in [3.63, 3.8) is 0 Å². The zero-order valence-corrected chi connectivity index (χ0v) is 42.0. The SMILES string of the molecule is Cc1cc2c(c3ccccc3n2-c2ccccc2)c2c1c1cc(-n3c4ccccc4c4c3ccc3c5ccccc5n(-c5ccccc5)c34)c(-c3cc(-c4ccccc4)nc(-c4ccccc4)n3)cc1n2-c1ccccc1. The van der Waals surface area contributed by atoms with E-state index in [1.165, 1.54) is 70.9 Å². The van der Waals surface area contributed by atoms with Crippen LogP contribution in [0.4, 0.5) is 0 Å². The van der Waals surface area contributed by atoms with Crippen LogP contribution in [-0.2, 0) is 0 Å². The molecule has 360 valence electrons. The van der Waals surface area contributed by atoms with E-state index >= 15 is 0 Å². The predicted molar refractivity (Wildman–Crippen MR) is 320 cm³/mol. The van der Waals surface area contributed by atoms with Crippen LogP contribution in [0, 0.1) is 6.92 Å². The van der Waals surface area contributed by atoms with Crippen molar-refractivity contribution >= 4 is 87.2 Å². The van der Waals surface area contributed by atoms with Crippen LogP contribution in [0.1, 0.15) is 5.56 Å². The molecule has 5 heterocycles. The molecule has 0 aliphatic carbocycles. The van der Waals surface area contributed by atoms with Crippen LogP contribution >= 0.6 is 0 Å². The third-order valence-electron chi connectivity index (χ3n) is 15.8. The number of hydrogen-bond acceptors (Lipinski definition) is 2. The van der Waals surface area contributed by atoms with Crippen molar-refractivity contribution in [3.8, 4) is 56.7 Å². The molecule has 16 aromatic rings. The molecular formula is C71H46N6. The molecular weight excluding hydrogens is 937 g/mol. The van der Waals surface area contributed by atoms with Crippen molar-refractivity contribution in [3.05, 3.63) is 266 Å². The number of aromatic nitrogens is 6. The first-order valence-electron chi connectivity index (χ1n) is 26.3. The first-order valence-corrected chi connectivity index (χ1v) is 26.3. The van der Waals surface area contributed by atoms with Gasteiger partial charge < -0.3 is 18.3 Å². The second-order valence-corrected chi connectivity index (χ2v) is 20.1. The summed E-state index contributed by atoms with van der Waals surface area (Å²) in [6.45, 7) is 2.29. The van der Waals surface area contributed by atoms with Crippen LogP contribution in [0.2, 0.25) is 0 Å². The minimum Gasteiger partial charge on any atom is -0.309 e. The Kier molecular flexibility index (Phi) is 9.45. The van der Waals surface area contributed by atoms with E-state index in [1.807, 2.05) is 6.07 Å². The van der Waals surface area contributed by atoms with Crippen molar-refractivity contribution in [2.24, 2.45) is 0 Å². The maximum atomic E-state index is 5.63. The van der Waals surface area contributed by atoms with E-state index in [9.17, 15) is 0 Å². The van der Waals surface area contributed by atoms with E-state index in [4.69, 9.17) is 9.97 Å². The molecule has 0 amide bonds. The summed E-state index contributed by atoms with van der Waals surface area (Å²) < 4.78 is 9.93. The number of aryl methyl sites for hydroxylation is 1. The van der Waals surface area contributed by atoms with Gasteiger partial charge in [0, 0.05) is 76.8 Å². The molecule has 77 heavy (non-hydrogen) atoms. The minimum absolute atomic E-state index is 0.666. The van der Waals surface area contributed by atoms with Gasteiger partial charge in [0.2, 0.25) is 0 Å². The number of hydrogen-bond donors (Lipinski definition) is 0. The first kappa shape index (κ1) is 43.1. The highest BCUT2D eigenvalue weighted by Gasteiger charge is 2.28. The van der Waals surface area contributed by atoms with Gasteiger partial charge in [0.15, 0.2) is 5.82 Å². The first-order chi connectivity index (χ1) is 38.2. The lowest BCUT2D eigenvalue weighted by Crippen LogP contribution is -2.02. The van der Waals surface area contributed by atoms with Crippen molar-refractivity contribution in [1.29, 1.82) is 0 Å². The molecule has 0 unspecified atom stereocenters. The molecule has 0 atom stereocenters. The molecule has 11 aromatic carbocycles. The lowest BCUT2D eigenvalue weighted by atomic mass is 9.99. The Morgan fingerprint density at radius 1 is 0.286 bits per heavy atom. The quantitative estimate of drug-likeness (QED) is 0.160. The van der Waals surface area contributed by atoms with Gasteiger partial charge in [0.1, 0.15) is 0 Å². The zero-order chi connectivity index (χ0) is 50.7. The molecule has 0 bridgehead atoms. The van der Waals surface area contributed by atoms with Gasteiger partial charge in [-0.25, -0.2) is 9.97 Å². The van der Waals surface area contributed by atoms with Crippen LogP contribution < -0.4 is 0 Å². The van der Waals surface area contributed by atoms with Gasteiger partial charge >= 0.3 is 0 Å². The molecule has 0 spiro atoms. The molecule has 16 rings (SSSR count). The highest BCUT2D eigenvalue weighted by atomic mass is 15.0. The van der Waals surface area contributed by atoms with Gasteiger partial charge in [-0.15, -0.1) is 0 Å². The summed E-state index contributed by atoms with van der Waals surface area (Å²) >= 11 is 0. The molecule has 0 saturated heterocycles. The molecule has 0 N–H and O–H groups in total. The lowest BCUT2D eigenvalue weighted by Gasteiger charge is -2.17. The van der Waals surface area contributed by atoms with E-state index in [1.54, 1.807) is 0 Å². The van der Waals surface area contributed by atoms with Crippen molar-refractivity contribution in [1.82, 2.24) is 28.2 Å².